The molecule has 1 unspecified atom stereocenters. The molecule has 1 atom stereocenters. The van der Waals surface area contributed by atoms with E-state index in [1.165, 1.54) is 16.8 Å². The van der Waals surface area contributed by atoms with Crippen LogP contribution in [-0.4, -0.2) is 32.8 Å². The minimum absolute atomic E-state index is 0.0685. The third-order valence-corrected chi connectivity index (χ3v) is 3.11. The zero-order chi connectivity index (χ0) is 16.8. The first-order valence-electron chi connectivity index (χ1n) is 7.34. The summed E-state index contributed by atoms with van der Waals surface area (Å²) in [6, 6.07) is 1.27. The lowest BCUT2D eigenvalue weighted by molar-refractivity contribution is -0.155. The number of aliphatic hydroxyl groups excluding tert-OH is 1. The molecule has 0 aromatic carbocycles. The van der Waals surface area contributed by atoms with Crippen molar-refractivity contribution in [2.45, 2.75) is 52.2 Å². The van der Waals surface area contributed by atoms with E-state index in [4.69, 9.17) is 4.74 Å². The van der Waals surface area contributed by atoms with Gasteiger partial charge in [-0.05, 0) is 39.5 Å². The highest BCUT2D eigenvalue weighted by molar-refractivity contribution is 5.69. The molecule has 0 bridgehead atoms. The molecule has 2 N–H and O–H groups in total. The number of ether oxygens (including phenoxy) is 1. The minimum Gasteiger partial charge on any atom is -0.460 e. The van der Waals surface area contributed by atoms with Crippen molar-refractivity contribution in [3.8, 4) is 0 Å². The van der Waals surface area contributed by atoms with Gasteiger partial charge in [0.25, 0.3) is 5.56 Å². The fourth-order valence-corrected chi connectivity index (χ4v) is 1.98. The van der Waals surface area contributed by atoms with Crippen LogP contribution in [0.2, 0.25) is 0 Å². The highest BCUT2D eigenvalue weighted by Gasteiger charge is 2.18. The second-order valence-corrected chi connectivity index (χ2v) is 6.27. The van der Waals surface area contributed by atoms with E-state index < -0.39 is 16.9 Å². The largest absolute Gasteiger partial charge is 0.460 e. The van der Waals surface area contributed by atoms with Gasteiger partial charge in [0, 0.05) is 31.8 Å². The average molecular weight is 312 g/mol. The lowest BCUT2D eigenvalue weighted by Crippen LogP contribution is -2.29. The number of rotatable bonds is 7. The van der Waals surface area contributed by atoms with Gasteiger partial charge in [-0.3, -0.25) is 14.6 Å². The summed E-state index contributed by atoms with van der Waals surface area (Å²) in [7, 11) is 0. The second-order valence-electron chi connectivity index (χ2n) is 6.27. The minimum atomic E-state index is -0.519. The van der Waals surface area contributed by atoms with E-state index in [-0.39, 0.29) is 24.9 Å². The van der Waals surface area contributed by atoms with Gasteiger partial charge in [0.2, 0.25) is 0 Å². The molecule has 1 aromatic rings. The van der Waals surface area contributed by atoms with Gasteiger partial charge >= 0.3 is 11.7 Å². The van der Waals surface area contributed by atoms with Gasteiger partial charge in [0.1, 0.15) is 5.60 Å². The van der Waals surface area contributed by atoms with Crippen molar-refractivity contribution in [2.75, 3.05) is 6.61 Å². The van der Waals surface area contributed by atoms with Crippen molar-refractivity contribution in [1.82, 2.24) is 9.55 Å². The Bertz CT molecular complexity index is 597. The van der Waals surface area contributed by atoms with Gasteiger partial charge in [-0.25, -0.2) is 4.79 Å². The van der Waals surface area contributed by atoms with Crippen LogP contribution in [0.4, 0.5) is 0 Å². The van der Waals surface area contributed by atoms with E-state index in [0.717, 1.165) is 0 Å². The molecule has 0 radical (unpaired) electrons. The van der Waals surface area contributed by atoms with Crippen LogP contribution in [0.15, 0.2) is 21.9 Å². The quantitative estimate of drug-likeness (QED) is 0.720. The molecule has 7 nitrogen and oxygen atoms in total. The maximum atomic E-state index is 11.6. The number of nitrogens with one attached hydrogen (secondary N) is 1. The van der Waals surface area contributed by atoms with E-state index in [9.17, 15) is 19.5 Å². The number of aliphatic hydroxyl groups is 1. The molecule has 1 heterocycles. The van der Waals surface area contributed by atoms with E-state index >= 15 is 0 Å². The number of nitrogens with zero attached hydrogens (tertiary/aromatic N) is 1. The number of hydrogen-bond acceptors (Lipinski definition) is 5. The second kappa shape index (κ2) is 7.93. The predicted octanol–water partition coefficient (Wildman–Crippen LogP) is 0.657. The van der Waals surface area contributed by atoms with Crippen LogP contribution in [0.5, 0.6) is 0 Å². The predicted molar refractivity (Wildman–Crippen MR) is 81.6 cm³/mol. The Morgan fingerprint density at radius 2 is 2.05 bits per heavy atom. The Hall–Kier alpha value is -1.89. The number of H-pyrrole nitrogens is 1. The van der Waals surface area contributed by atoms with Crippen LogP contribution in [0, 0.1) is 5.92 Å². The zero-order valence-electron chi connectivity index (χ0n) is 13.3. The molecule has 7 heteroatoms. The molecule has 0 saturated heterocycles. The van der Waals surface area contributed by atoms with Crippen molar-refractivity contribution >= 4 is 5.97 Å². The highest BCUT2D eigenvalue weighted by Crippen LogP contribution is 2.15. The van der Waals surface area contributed by atoms with Crippen LogP contribution < -0.4 is 11.2 Å². The topological polar surface area (TPSA) is 101 Å². The lowest BCUT2D eigenvalue weighted by atomic mass is 10.0. The molecule has 22 heavy (non-hydrogen) atoms. The van der Waals surface area contributed by atoms with Gasteiger partial charge in [-0.1, -0.05) is 0 Å². The molecule has 0 aliphatic rings. The van der Waals surface area contributed by atoms with Gasteiger partial charge < -0.3 is 14.4 Å². The fraction of sp³-hybridized carbons (Fsp3) is 0.667. The summed E-state index contributed by atoms with van der Waals surface area (Å²) in [5.74, 6) is -0.404. The SMILES string of the molecule is CC(C)(C)OC(=O)CCC(CO)CCn1ccc(=O)[nH]c1=O. The van der Waals surface area contributed by atoms with Crippen LogP contribution in [0.1, 0.15) is 40.0 Å². The van der Waals surface area contributed by atoms with Crippen molar-refractivity contribution in [1.29, 1.82) is 0 Å². The standard InChI is InChI=1S/C15H24N2O5/c1-15(2,3)22-13(20)5-4-11(10-18)6-8-17-9-7-12(19)16-14(17)21/h7,9,11,18H,4-6,8,10H2,1-3H3,(H,16,19,21). The molecule has 124 valence electrons. The third kappa shape index (κ3) is 6.71. The summed E-state index contributed by atoms with van der Waals surface area (Å²) in [6.07, 6.45) is 2.67. The highest BCUT2D eigenvalue weighted by atomic mass is 16.6. The molecule has 1 rings (SSSR count). The summed E-state index contributed by atoms with van der Waals surface area (Å²) < 4.78 is 6.58. The monoisotopic (exact) mass is 312 g/mol. The summed E-state index contributed by atoms with van der Waals surface area (Å²) in [5.41, 5.74) is -1.43. The summed E-state index contributed by atoms with van der Waals surface area (Å²) >= 11 is 0. The van der Waals surface area contributed by atoms with Crippen molar-refractivity contribution in [3.05, 3.63) is 33.1 Å². The van der Waals surface area contributed by atoms with Crippen LogP contribution in [-0.2, 0) is 16.1 Å². The smallest absolute Gasteiger partial charge is 0.328 e. The Labute approximate surface area is 128 Å². The number of aryl methyl sites for hydroxylation is 1. The number of aromatic nitrogens is 2. The first-order valence-corrected chi connectivity index (χ1v) is 7.34. The van der Waals surface area contributed by atoms with Crippen molar-refractivity contribution < 1.29 is 14.6 Å². The van der Waals surface area contributed by atoms with Crippen molar-refractivity contribution in [2.24, 2.45) is 5.92 Å². The Kier molecular flexibility index (Phi) is 6.55. The van der Waals surface area contributed by atoms with Gasteiger partial charge in [0.15, 0.2) is 0 Å². The lowest BCUT2D eigenvalue weighted by Gasteiger charge is -2.20. The van der Waals surface area contributed by atoms with Crippen LogP contribution in [0.3, 0.4) is 0 Å². The molecule has 0 spiro atoms. The molecule has 0 fully saturated rings. The molecule has 0 amide bonds. The summed E-state index contributed by atoms with van der Waals surface area (Å²) in [6.45, 7) is 5.71. The van der Waals surface area contributed by atoms with Gasteiger partial charge in [0.05, 0.1) is 0 Å². The third-order valence-electron chi connectivity index (χ3n) is 3.11. The van der Waals surface area contributed by atoms with Crippen molar-refractivity contribution in [3.63, 3.8) is 0 Å². The molecular formula is C15H24N2O5. The molecular weight excluding hydrogens is 288 g/mol. The maximum absolute atomic E-state index is 11.6. The van der Waals surface area contributed by atoms with Crippen LogP contribution >= 0.6 is 0 Å². The maximum Gasteiger partial charge on any atom is 0.328 e. The number of carbonyl (C=O) groups is 1. The summed E-state index contributed by atoms with van der Waals surface area (Å²) in [4.78, 5) is 36.3. The Morgan fingerprint density at radius 3 is 2.59 bits per heavy atom. The number of carbonyl (C=O) groups excluding carboxylic acids is 1. The molecule has 1 aromatic heterocycles. The van der Waals surface area contributed by atoms with E-state index in [1.807, 2.05) is 0 Å². The van der Waals surface area contributed by atoms with E-state index in [1.54, 1.807) is 20.8 Å². The van der Waals surface area contributed by atoms with Gasteiger partial charge in [-0.15, -0.1) is 0 Å². The molecule has 0 aliphatic carbocycles. The van der Waals surface area contributed by atoms with E-state index in [2.05, 4.69) is 4.98 Å². The number of hydrogen-bond donors (Lipinski definition) is 2. The zero-order valence-corrected chi connectivity index (χ0v) is 13.3. The van der Waals surface area contributed by atoms with Gasteiger partial charge in [-0.2, -0.15) is 0 Å². The first kappa shape index (κ1) is 18.2. The Morgan fingerprint density at radius 1 is 1.36 bits per heavy atom. The summed E-state index contributed by atoms with van der Waals surface area (Å²) in [5, 5.41) is 9.37. The average Bonchev–Trinajstić information content (AvgIpc) is 2.38. The molecule has 0 saturated carbocycles. The Balaban J connectivity index is 2.47. The van der Waals surface area contributed by atoms with Crippen LogP contribution in [0.25, 0.3) is 0 Å². The van der Waals surface area contributed by atoms with E-state index in [0.29, 0.717) is 19.4 Å². The number of esters is 1. The fourth-order valence-electron chi connectivity index (χ4n) is 1.98. The normalized spacial score (nSPS) is 12.9. The molecule has 0 aliphatic heterocycles. The first-order chi connectivity index (χ1) is 10.2. The number of aromatic amines is 1.